The first kappa shape index (κ1) is 13.1. The summed E-state index contributed by atoms with van der Waals surface area (Å²) in [6.07, 6.45) is 3.83. The molecule has 3 rings (SSSR count). The number of hydrogen-bond donors (Lipinski definition) is 2. The van der Waals surface area contributed by atoms with Gasteiger partial charge in [-0.3, -0.25) is 4.68 Å². The molecular formula is C15H17ClN4. The van der Waals surface area contributed by atoms with Crippen LogP contribution in [0.25, 0.3) is 10.9 Å². The van der Waals surface area contributed by atoms with Crippen LogP contribution in [0.15, 0.2) is 36.7 Å². The van der Waals surface area contributed by atoms with E-state index in [2.05, 4.69) is 29.2 Å². The van der Waals surface area contributed by atoms with Crippen LogP contribution in [0.4, 0.5) is 5.69 Å². The van der Waals surface area contributed by atoms with Crippen molar-refractivity contribution in [3.05, 3.63) is 47.4 Å². The Kier molecular flexibility index (Phi) is 3.40. The van der Waals surface area contributed by atoms with E-state index in [9.17, 15) is 0 Å². The minimum atomic E-state index is 0.363. The number of nitrogens with one attached hydrogen (secondary N) is 2. The summed E-state index contributed by atoms with van der Waals surface area (Å²) in [6.45, 7) is 4.86. The highest BCUT2D eigenvalue weighted by Crippen LogP contribution is 2.27. The minimum absolute atomic E-state index is 0.363. The fourth-order valence-corrected chi connectivity index (χ4v) is 2.47. The van der Waals surface area contributed by atoms with Gasteiger partial charge in [0, 0.05) is 23.1 Å². The summed E-state index contributed by atoms with van der Waals surface area (Å²) in [4.78, 5) is 3.34. The Labute approximate surface area is 122 Å². The zero-order chi connectivity index (χ0) is 14.1. The third-order valence-corrected chi connectivity index (χ3v) is 3.75. The Bertz CT molecular complexity index is 726. The fourth-order valence-electron chi connectivity index (χ4n) is 2.19. The van der Waals surface area contributed by atoms with Gasteiger partial charge in [0.25, 0.3) is 0 Å². The summed E-state index contributed by atoms with van der Waals surface area (Å²) in [5, 5.41) is 9.48. The fraction of sp³-hybridized carbons (Fsp3) is 0.267. The SMILES string of the molecule is CC(C)n1cc(NCc2[nH]c3ccccc3c2Cl)cn1. The van der Waals surface area contributed by atoms with Crippen LogP contribution in [0.2, 0.25) is 5.02 Å². The number of aromatic amines is 1. The molecule has 0 fully saturated rings. The molecule has 1 aromatic carbocycles. The zero-order valence-corrected chi connectivity index (χ0v) is 12.3. The molecule has 0 amide bonds. The van der Waals surface area contributed by atoms with Gasteiger partial charge in [0.15, 0.2) is 0 Å². The molecule has 4 nitrogen and oxygen atoms in total. The standard InChI is InChI=1S/C15H17ClN4/c1-10(2)20-9-11(7-18-20)17-8-14-15(16)12-5-3-4-6-13(12)19-14/h3-7,9-10,17,19H,8H2,1-2H3. The summed E-state index contributed by atoms with van der Waals surface area (Å²) in [5.41, 5.74) is 3.05. The molecule has 2 aromatic heterocycles. The van der Waals surface area contributed by atoms with E-state index >= 15 is 0 Å². The third kappa shape index (κ3) is 2.39. The van der Waals surface area contributed by atoms with Crippen LogP contribution in [0, 0.1) is 0 Å². The molecule has 0 saturated heterocycles. The van der Waals surface area contributed by atoms with Crippen LogP contribution in [0.1, 0.15) is 25.6 Å². The van der Waals surface area contributed by atoms with Gasteiger partial charge in [0.05, 0.1) is 29.1 Å². The molecule has 2 N–H and O–H groups in total. The van der Waals surface area contributed by atoms with Crippen molar-refractivity contribution in [2.24, 2.45) is 0 Å². The lowest BCUT2D eigenvalue weighted by molar-refractivity contribution is 0.532. The minimum Gasteiger partial charge on any atom is -0.377 e. The molecule has 0 aliphatic rings. The van der Waals surface area contributed by atoms with Crippen molar-refractivity contribution in [2.75, 3.05) is 5.32 Å². The lowest BCUT2D eigenvalue weighted by atomic mass is 10.2. The van der Waals surface area contributed by atoms with Crippen molar-refractivity contribution in [3.8, 4) is 0 Å². The first-order chi connectivity index (χ1) is 9.65. The molecule has 5 heteroatoms. The number of H-pyrrole nitrogens is 1. The summed E-state index contributed by atoms with van der Waals surface area (Å²) in [5.74, 6) is 0. The van der Waals surface area contributed by atoms with Crippen molar-refractivity contribution in [1.29, 1.82) is 0 Å². The number of para-hydroxylation sites is 1. The predicted octanol–water partition coefficient (Wildman–Crippen LogP) is 4.21. The number of halogens is 1. The number of benzene rings is 1. The van der Waals surface area contributed by atoms with E-state index in [-0.39, 0.29) is 0 Å². The smallest absolute Gasteiger partial charge is 0.0729 e. The monoisotopic (exact) mass is 288 g/mol. The van der Waals surface area contributed by atoms with Gasteiger partial charge in [0.1, 0.15) is 0 Å². The summed E-state index contributed by atoms with van der Waals surface area (Å²) < 4.78 is 1.93. The summed E-state index contributed by atoms with van der Waals surface area (Å²) >= 11 is 6.39. The second-order valence-electron chi connectivity index (χ2n) is 5.12. The first-order valence-electron chi connectivity index (χ1n) is 6.68. The van der Waals surface area contributed by atoms with E-state index in [0.29, 0.717) is 12.6 Å². The van der Waals surface area contributed by atoms with Crippen molar-refractivity contribution >= 4 is 28.2 Å². The average Bonchev–Trinajstić information content (AvgIpc) is 3.03. The maximum Gasteiger partial charge on any atom is 0.0729 e. The molecule has 0 radical (unpaired) electrons. The predicted molar refractivity (Wildman–Crippen MR) is 83.2 cm³/mol. The molecule has 0 atom stereocenters. The first-order valence-corrected chi connectivity index (χ1v) is 7.06. The van der Waals surface area contributed by atoms with Crippen LogP contribution in [-0.2, 0) is 6.54 Å². The van der Waals surface area contributed by atoms with Gasteiger partial charge in [-0.2, -0.15) is 5.10 Å². The molecule has 0 spiro atoms. The van der Waals surface area contributed by atoms with Crippen LogP contribution < -0.4 is 5.32 Å². The zero-order valence-electron chi connectivity index (χ0n) is 11.5. The lowest BCUT2D eigenvalue weighted by Gasteiger charge is -2.04. The second kappa shape index (κ2) is 5.21. The number of aromatic nitrogens is 3. The molecule has 0 aliphatic heterocycles. The highest BCUT2D eigenvalue weighted by Gasteiger charge is 2.09. The van der Waals surface area contributed by atoms with E-state index in [1.807, 2.05) is 41.3 Å². The van der Waals surface area contributed by atoms with Crippen LogP contribution >= 0.6 is 11.6 Å². The number of fused-ring (bicyclic) bond motifs is 1. The van der Waals surface area contributed by atoms with Crippen LogP contribution in [-0.4, -0.2) is 14.8 Å². The normalized spacial score (nSPS) is 11.4. The lowest BCUT2D eigenvalue weighted by Crippen LogP contribution is -2.01. The molecule has 2 heterocycles. The van der Waals surface area contributed by atoms with Crippen molar-refractivity contribution in [2.45, 2.75) is 26.4 Å². The molecule has 3 aromatic rings. The summed E-state index contributed by atoms with van der Waals surface area (Å²) in [6, 6.07) is 8.41. The number of rotatable bonds is 4. The molecule has 0 saturated carbocycles. The highest BCUT2D eigenvalue weighted by molar-refractivity contribution is 6.36. The van der Waals surface area contributed by atoms with Crippen LogP contribution in [0.3, 0.4) is 0 Å². The highest BCUT2D eigenvalue weighted by atomic mass is 35.5. The largest absolute Gasteiger partial charge is 0.377 e. The van der Waals surface area contributed by atoms with Gasteiger partial charge in [-0.1, -0.05) is 29.8 Å². The number of hydrogen-bond acceptors (Lipinski definition) is 2. The number of anilines is 1. The Balaban J connectivity index is 1.77. The maximum absolute atomic E-state index is 6.39. The Morgan fingerprint density at radius 3 is 2.85 bits per heavy atom. The van der Waals surface area contributed by atoms with Crippen LogP contribution in [0.5, 0.6) is 0 Å². The third-order valence-electron chi connectivity index (χ3n) is 3.31. The van der Waals surface area contributed by atoms with E-state index in [1.54, 1.807) is 0 Å². The summed E-state index contributed by atoms with van der Waals surface area (Å²) in [7, 11) is 0. The maximum atomic E-state index is 6.39. The number of nitrogens with zero attached hydrogens (tertiary/aromatic N) is 2. The van der Waals surface area contributed by atoms with Gasteiger partial charge >= 0.3 is 0 Å². The topological polar surface area (TPSA) is 45.6 Å². The van der Waals surface area contributed by atoms with Crippen molar-refractivity contribution < 1.29 is 0 Å². The average molecular weight is 289 g/mol. The molecule has 20 heavy (non-hydrogen) atoms. The molecule has 0 unspecified atom stereocenters. The quantitative estimate of drug-likeness (QED) is 0.755. The van der Waals surface area contributed by atoms with Gasteiger partial charge in [-0.15, -0.1) is 0 Å². The van der Waals surface area contributed by atoms with Crippen molar-refractivity contribution in [3.63, 3.8) is 0 Å². The molecule has 104 valence electrons. The van der Waals surface area contributed by atoms with Gasteiger partial charge in [-0.05, 0) is 19.9 Å². The van der Waals surface area contributed by atoms with E-state index in [0.717, 1.165) is 27.3 Å². The Hall–Kier alpha value is -1.94. The van der Waals surface area contributed by atoms with E-state index in [4.69, 9.17) is 11.6 Å². The van der Waals surface area contributed by atoms with Gasteiger partial charge in [0.2, 0.25) is 0 Å². The van der Waals surface area contributed by atoms with E-state index in [1.165, 1.54) is 0 Å². The Morgan fingerprint density at radius 1 is 1.35 bits per heavy atom. The van der Waals surface area contributed by atoms with E-state index < -0.39 is 0 Å². The van der Waals surface area contributed by atoms with Gasteiger partial charge in [-0.25, -0.2) is 0 Å². The molecule has 0 aliphatic carbocycles. The molecular weight excluding hydrogens is 272 g/mol. The van der Waals surface area contributed by atoms with Crippen molar-refractivity contribution in [1.82, 2.24) is 14.8 Å². The second-order valence-corrected chi connectivity index (χ2v) is 5.50. The Morgan fingerprint density at radius 2 is 2.15 bits per heavy atom. The molecule has 0 bridgehead atoms. The van der Waals surface area contributed by atoms with Gasteiger partial charge < -0.3 is 10.3 Å².